The molecule has 1 aromatic heterocycles. The summed E-state index contributed by atoms with van der Waals surface area (Å²) >= 11 is 0. The monoisotopic (exact) mass is 438 g/mol. The van der Waals surface area contributed by atoms with E-state index in [-0.39, 0.29) is 17.8 Å². The molecule has 1 fully saturated rings. The van der Waals surface area contributed by atoms with Crippen molar-refractivity contribution in [2.24, 2.45) is 0 Å². The minimum Gasteiger partial charge on any atom is -0.349 e. The summed E-state index contributed by atoms with van der Waals surface area (Å²) < 4.78 is 13.5. The lowest BCUT2D eigenvalue weighted by atomic mass is 10.1. The number of aromatic nitrogens is 2. The number of amides is 1. The number of nitrogens with zero attached hydrogens (tertiary/aromatic N) is 3. The van der Waals surface area contributed by atoms with E-state index in [0.29, 0.717) is 17.4 Å². The maximum atomic E-state index is 13.5. The summed E-state index contributed by atoms with van der Waals surface area (Å²) in [7, 11) is 1.85. The molecule has 2 atom stereocenters. The third-order valence-electron chi connectivity index (χ3n) is 5.93. The van der Waals surface area contributed by atoms with Gasteiger partial charge in [0.2, 0.25) is 5.95 Å². The fourth-order valence-electron chi connectivity index (χ4n) is 3.96. The SMILES string of the molecule is CN(c1cccc(C(=O)NC2CC2c2ccccc2)c1)c1ncc(-c2cccc(F)c2)cn1. The molecule has 3 aromatic carbocycles. The number of rotatable bonds is 6. The first-order valence-electron chi connectivity index (χ1n) is 10.9. The van der Waals surface area contributed by atoms with Crippen LogP contribution >= 0.6 is 0 Å². The van der Waals surface area contributed by atoms with Crippen LogP contribution in [-0.2, 0) is 0 Å². The summed E-state index contributed by atoms with van der Waals surface area (Å²) in [5.41, 5.74) is 4.11. The first kappa shape index (κ1) is 20.8. The van der Waals surface area contributed by atoms with Crippen LogP contribution in [0.3, 0.4) is 0 Å². The van der Waals surface area contributed by atoms with Crippen molar-refractivity contribution < 1.29 is 9.18 Å². The second-order valence-corrected chi connectivity index (χ2v) is 8.22. The fourth-order valence-corrected chi connectivity index (χ4v) is 3.96. The van der Waals surface area contributed by atoms with Gasteiger partial charge in [0.05, 0.1) is 0 Å². The minimum absolute atomic E-state index is 0.0870. The summed E-state index contributed by atoms with van der Waals surface area (Å²) in [4.78, 5) is 23.5. The van der Waals surface area contributed by atoms with E-state index in [4.69, 9.17) is 0 Å². The summed E-state index contributed by atoms with van der Waals surface area (Å²) in [6.07, 6.45) is 4.29. The average Bonchev–Trinajstić information content (AvgIpc) is 3.63. The van der Waals surface area contributed by atoms with E-state index in [1.807, 2.05) is 54.4 Å². The lowest BCUT2D eigenvalue weighted by molar-refractivity contribution is 0.0950. The van der Waals surface area contributed by atoms with Crippen molar-refractivity contribution in [1.29, 1.82) is 0 Å². The molecule has 1 aliphatic carbocycles. The second-order valence-electron chi connectivity index (χ2n) is 8.22. The van der Waals surface area contributed by atoms with E-state index in [1.165, 1.54) is 17.7 Å². The van der Waals surface area contributed by atoms with Gasteiger partial charge in [-0.05, 0) is 47.9 Å². The molecule has 1 N–H and O–H groups in total. The normalized spacial score (nSPS) is 16.8. The zero-order valence-electron chi connectivity index (χ0n) is 18.1. The van der Waals surface area contributed by atoms with Crippen LogP contribution in [0, 0.1) is 5.82 Å². The Hall–Kier alpha value is -4.06. The Morgan fingerprint density at radius 1 is 0.939 bits per heavy atom. The molecule has 33 heavy (non-hydrogen) atoms. The number of carbonyl (C=O) groups excluding carboxylic acids is 1. The van der Waals surface area contributed by atoms with Crippen molar-refractivity contribution in [3.05, 3.63) is 108 Å². The highest BCUT2D eigenvalue weighted by atomic mass is 19.1. The van der Waals surface area contributed by atoms with Gasteiger partial charge in [-0.1, -0.05) is 48.5 Å². The Morgan fingerprint density at radius 2 is 1.70 bits per heavy atom. The molecule has 5 nitrogen and oxygen atoms in total. The first-order chi connectivity index (χ1) is 16.1. The van der Waals surface area contributed by atoms with E-state index in [0.717, 1.165) is 23.2 Å². The van der Waals surface area contributed by atoms with Crippen molar-refractivity contribution in [1.82, 2.24) is 15.3 Å². The van der Waals surface area contributed by atoms with Crippen LogP contribution in [0.4, 0.5) is 16.0 Å². The molecule has 0 saturated heterocycles. The largest absolute Gasteiger partial charge is 0.349 e. The average molecular weight is 439 g/mol. The summed E-state index contributed by atoms with van der Waals surface area (Å²) in [6.45, 7) is 0. The molecule has 1 saturated carbocycles. The van der Waals surface area contributed by atoms with Crippen molar-refractivity contribution >= 4 is 17.5 Å². The Kier molecular flexibility index (Phi) is 5.57. The molecule has 0 bridgehead atoms. The number of carbonyl (C=O) groups is 1. The highest BCUT2D eigenvalue weighted by Crippen LogP contribution is 2.40. The molecule has 6 heteroatoms. The van der Waals surface area contributed by atoms with Crippen LogP contribution in [0.1, 0.15) is 28.3 Å². The van der Waals surface area contributed by atoms with Gasteiger partial charge < -0.3 is 10.2 Å². The molecular weight excluding hydrogens is 415 g/mol. The van der Waals surface area contributed by atoms with Crippen LogP contribution < -0.4 is 10.2 Å². The molecule has 1 amide bonds. The molecule has 4 aromatic rings. The standard InChI is InChI=1S/C27H23FN4O/c1-32(27-29-16-21(17-30-27)19-9-5-11-22(28)13-19)23-12-6-10-20(14-23)26(33)31-25-15-24(25)18-7-3-2-4-8-18/h2-14,16-17,24-25H,15H2,1H3,(H,31,33). The fraction of sp³-hybridized carbons (Fsp3) is 0.148. The Balaban J connectivity index is 1.27. The molecule has 2 unspecified atom stereocenters. The third kappa shape index (κ3) is 4.60. The number of anilines is 2. The molecule has 0 radical (unpaired) electrons. The topological polar surface area (TPSA) is 58.1 Å². The molecule has 0 aliphatic heterocycles. The van der Waals surface area contributed by atoms with Gasteiger partial charge in [-0.25, -0.2) is 14.4 Å². The van der Waals surface area contributed by atoms with Crippen LogP contribution in [0.5, 0.6) is 0 Å². The van der Waals surface area contributed by atoms with E-state index in [9.17, 15) is 9.18 Å². The smallest absolute Gasteiger partial charge is 0.251 e. The number of hydrogen-bond donors (Lipinski definition) is 1. The van der Waals surface area contributed by atoms with Crippen molar-refractivity contribution in [3.63, 3.8) is 0 Å². The van der Waals surface area contributed by atoms with Gasteiger partial charge >= 0.3 is 0 Å². The zero-order valence-corrected chi connectivity index (χ0v) is 18.1. The predicted octanol–water partition coefficient (Wildman–Crippen LogP) is 5.34. The van der Waals surface area contributed by atoms with Crippen LogP contribution in [0.15, 0.2) is 91.3 Å². The van der Waals surface area contributed by atoms with Gasteiger partial charge in [0.1, 0.15) is 5.82 Å². The molecule has 1 heterocycles. The second kappa shape index (κ2) is 8.82. The quantitative estimate of drug-likeness (QED) is 0.442. The van der Waals surface area contributed by atoms with Crippen LogP contribution in [0.2, 0.25) is 0 Å². The minimum atomic E-state index is -0.301. The van der Waals surface area contributed by atoms with E-state index >= 15 is 0 Å². The first-order valence-corrected chi connectivity index (χ1v) is 10.9. The van der Waals surface area contributed by atoms with Gasteiger partial charge in [0.15, 0.2) is 0 Å². The van der Waals surface area contributed by atoms with Gasteiger partial charge in [0.25, 0.3) is 5.91 Å². The van der Waals surface area contributed by atoms with Gasteiger partial charge in [-0.15, -0.1) is 0 Å². The number of nitrogens with one attached hydrogen (secondary N) is 1. The molecular formula is C27H23FN4O. The summed E-state index contributed by atoms with van der Waals surface area (Å²) in [5.74, 6) is 0.478. The van der Waals surface area contributed by atoms with Gasteiger partial charge in [-0.3, -0.25) is 4.79 Å². The van der Waals surface area contributed by atoms with Gasteiger partial charge in [-0.2, -0.15) is 0 Å². The summed E-state index contributed by atoms with van der Waals surface area (Å²) in [5, 5.41) is 3.14. The van der Waals surface area contributed by atoms with E-state index in [1.54, 1.807) is 24.5 Å². The predicted molar refractivity (Wildman–Crippen MR) is 127 cm³/mol. The Morgan fingerprint density at radius 3 is 2.45 bits per heavy atom. The van der Waals surface area contributed by atoms with Crippen molar-refractivity contribution in [2.45, 2.75) is 18.4 Å². The molecule has 164 valence electrons. The van der Waals surface area contributed by atoms with Crippen LogP contribution in [-0.4, -0.2) is 29.0 Å². The number of halogens is 1. The lowest BCUT2D eigenvalue weighted by Gasteiger charge is -2.18. The van der Waals surface area contributed by atoms with Gasteiger partial charge in [0, 0.05) is 48.2 Å². The highest BCUT2D eigenvalue weighted by molar-refractivity contribution is 5.95. The van der Waals surface area contributed by atoms with Crippen LogP contribution in [0.25, 0.3) is 11.1 Å². The maximum Gasteiger partial charge on any atom is 0.251 e. The Labute approximate surface area is 191 Å². The van der Waals surface area contributed by atoms with Crippen molar-refractivity contribution in [3.8, 4) is 11.1 Å². The third-order valence-corrected chi connectivity index (χ3v) is 5.93. The zero-order chi connectivity index (χ0) is 22.8. The number of benzene rings is 3. The Bertz CT molecular complexity index is 1280. The van der Waals surface area contributed by atoms with Crippen molar-refractivity contribution in [2.75, 3.05) is 11.9 Å². The molecule has 5 rings (SSSR count). The number of hydrogen-bond acceptors (Lipinski definition) is 4. The molecule has 1 aliphatic rings. The lowest BCUT2D eigenvalue weighted by Crippen LogP contribution is -2.26. The van der Waals surface area contributed by atoms with E-state index < -0.39 is 0 Å². The maximum absolute atomic E-state index is 13.5. The highest BCUT2D eigenvalue weighted by Gasteiger charge is 2.39. The molecule has 0 spiro atoms. The van der Waals surface area contributed by atoms with E-state index in [2.05, 4.69) is 27.4 Å². The summed E-state index contributed by atoms with van der Waals surface area (Å²) in [6, 6.07) is 24.1.